The summed E-state index contributed by atoms with van der Waals surface area (Å²) >= 11 is 0. The average molecular weight is 329 g/mol. The molecule has 1 aliphatic heterocycles. The number of aromatic nitrogens is 3. The SMILES string of the molecule is O=C(O)CC=CC(=O)N1CCC[C@@H](Nc2ncnc3[nH]ccc23)C1. The molecule has 1 aliphatic rings. The van der Waals surface area contributed by atoms with E-state index in [9.17, 15) is 9.59 Å². The van der Waals surface area contributed by atoms with Crippen molar-refractivity contribution in [3.63, 3.8) is 0 Å². The molecule has 0 spiro atoms. The van der Waals surface area contributed by atoms with Crippen LogP contribution in [0.5, 0.6) is 0 Å². The van der Waals surface area contributed by atoms with Crippen LogP contribution >= 0.6 is 0 Å². The van der Waals surface area contributed by atoms with Crippen molar-refractivity contribution in [3.05, 3.63) is 30.7 Å². The molecule has 3 N–H and O–H groups in total. The number of fused-ring (bicyclic) bond motifs is 1. The van der Waals surface area contributed by atoms with E-state index in [1.165, 1.54) is 18.5 Å². The van der Waals surface area contributed by atoms with Crippen LogP contribution in [0, 0.1) is 0 Å². The Bertz CT molecular complexity index is 770. The molecule has 0 aromatic carbocycles. The zero-order chi connectivity index (χ0) is 16.9. The molecule has 8 nitrogen and oxygen atoms in total. The molecule has 0 bridgehead atoms. The number of anilines is 1. The van der Waals surface area contributed by atoms with E-state index < -0.39 is 5.97 Å². The van der Waals surface area contributed by atoms with Gasteiger partial charge in [0.05, 0.1) is 11.8 Å². The highest BCUT2D eigenvalue weighted by Crippen LogP contribution is 2.21. The van der Waals surface area contributed by atoms with E-state index in [-0.39, 0.29) is 18.4 Å². The molecule has 0 radical (unpaired) electrons. The van der Waals surface area contributed by atoms with Crippen LogP contribution in [-0.4, -0.2) is 56.0 Å². The molecule has 0 saturated carbocycles. The molecule has 24 heavy (non-hydrogen) atoms. The zero-order valence-corrected chi connectivity index (χ0v) is 13.1. The molecule has 2 aromatic rings. The lowest BCUT2D eigenvalue weighted by molar-refractivity contribution is -0.136. The Balaban J connectivity index is 1.63. The topological polar surface area (TPSA) is 111 Å². The third-order valence-corrected chi connectivity index (χ3v) is 3.98. The maximum Gasteiger partial charge on any atom is 0.307 e. The van der Waals surface area contributed by atoms with E-state index in [4.69, 9.17) is 5.11 Å². The van der Waals surface area contributed by atoms with Crippen LogP contribution in [-0.2, 0) is 9.59 Å². The highest BCUT2D eigenvalue weighted by Gasteiger charge is 2.23. The molecular weight excluding hydrogens is 310 g/mol. The van der Waals surface area contributed by atoms with E-state index >= 15 is 0 Å². The fourth-order valence-electron chi connectivity index (χ4n) is 2.84. The smallest absolute Gasteiger partial charge is 0.307 e. The van der Waals surface area contributed by atoms with Crippen molar-refractivity contribution in [1.29, 1.82) is 0 Å². The number of carbonyl (C=O) groups is 2. The van der Waals surface area contributed by atoms with E-state index in [1.54, 1.807) is 4.90 Å². The first-order valence-electron chi connectivity index (χ1n) is 7.85. The van der Waals surface area contributed by atoms with Gasteiger partial charge in [-0.2, -0.15) is 0 Å². The Morgan fingerprint density at radius 3 is 3.17 bits per heavy atom. The van der Waals surface area contributed by atoms with Crippen LogP contribution in [0.15, 0.2) is 30.7 Å². The first-order chi connectivity index (χ1) is 11.6. The van der Waals surface area contributed by atoms with E-state index in [2.05, 4.69) is 20.3 Å². The Morgan fingerprint density at radius 1 is 1.46 bits per heavy atom. The maximum atomic E-state index is 12.1. The molecule has 8 heteroatoms. The molecule has 3 heterocycles. The van der Waals surface area contributed by atoms with E-state index in [0.717, 1.165) is 29.7 Å². The minimum atomic E-state index is -0.948. The molecule has 1 amide bonds. The highest BCUT2D eigenvalue weighted by atomic mass is 16.4. The number of piperidine rings is 1. The monoisotopic (exact) mass is 329 g/mol. The summed E-state index contributed by atoms with van der Waals surface area (Å²) < 4.78 is 0. The summed E-state index contributed by atoms with van der Waals surface area (Å²) in [5.74, 6) is -0.351. The van der Waals surface area contributed by atoms with Crippen molar-refractivity contribution in [2.75, 3.05) is 18.4 Å². The summed E-state index contributed by atoms with van der Waals surface area (Å²) in [5.41, 5.74) is 0.771. The lowest BCUT2D eigenvalue weighted by Gasteiger charge is -2.32. The van der Waals surface area contributed by atoms with Crippen molar-refractivity contribution in [2.45, 2.75) is 25.3 Å². The zero-order valence-electron chi connectivity index (χ0n) is 13.1. The molecule has 126 valence electrons. The summed E-state index contributed by atoms with van der Waals surface area (Å²) in [5, 5.41) is 12.9. The predicted octanol–water partition coefficient (Wildman–Crippen LogP) is 1.39. The number of aliphatic carboxylic acids is 1. The van der Waals surface area contributed by atoms with Gasteiger partial charge in [0.1, 0.15) is 17.8 Å². The van der Waals surface area contributed by atoms with E-state index in [0.29, 0.717) is 13.1 Å². The highest BCUT2D eigenvalue weighted by molar-refractivity contribution is 5.89. The summed E-state index contributed by atoms with van der Waals surface area (Å²) in [6, 6.07) is 2.02. The number of carbonyl (C=O) groups excluding carboxylic acids is 1. The molecule has 1 atom stereocenters. The van der Waals surface area contributed by atoms with E-state index in [1.807, 2.05) is 12.3 Å². The molecule has 0 aliphatic carbocycles. The Hall–Kier alpha value is -2.90. The number of H-pyrrole nitrogens is 1. The van der Waals surface area contributed by atoms with Gasteiger partial charge in [0.2, 0.25) is 5.91 Å². The molecule has 1 fully saturated rings. The van der Waals surface area contributed by atoms with Gasteiger partial charge in [-0.25, -0.2) is 9.97 Å². The van der Waals surface area contributed by atoms with Gasteiger partial charge in [0.25, 0.3) is 0 Å². The molecule has 1 saturated heterocycles. The number of nitrogens with zero attached hydrogens (tertiary/aromatic N) is 3. The van der Waals surface area contributed by atoms with Crippen molar-refractivity contribution in [2.24, 2.45) is 0 Å². The van der Waals surface area contributed by atoms with Gasteiger partial charge >= 0.3 is 5.97 Å². The third kappa shape index (κ3) is 3.70. The van der Waals surface area contributed by atoms with Gasteiger partial charge in [0.15, 0.2) is 0 Å². The Kier molecular flexibility index (Phi) is 4.74. The van der Waals surface area contributed by atoms with Crippen LogP contribution < -0.4 is 5.32 Å². The second kappa shape index (κ2) is 7.12. The number of likely N-dealkylation sites (tertiary alicyclic amines) is 1. The number of carboxylic acids is 1. The van der Waals surface area contributed by atoms with Crippen LogP contribution in [0.2, 0.25) is 0 Å². The van der Waals surface area contributed by atoms with Crippen molar-refractivity contribution < 1.29 is 14.7 Å². The lowest BCUT2D eigenvalue weighted by Crippen LogP contribution is -2.44. The molecule has 0 unspecified atom stereocenters. The summed E-state index contributed by atoms with van der Waals surface area (Å²) in [6.07, 6.45) is 7.72. The van der Waals surface area contributed by atoms with Gasteiger partial charge in [-0.15, -0.1) is 0 Å². The summed E-state index contributed by atoms with van der Waals surface area (Å²) in [6.45, 7) is 1.24. The van der Waals surface area contributed by atoms with Crippen LogP contribution in [0.4, 0.5) is 5.82 Å². The minimum absolute atomic E-state index is 0.101. The van der Waals surface area contributed by atoms with Crippen molar-refractivity contribution in [3.8, 4) is 0 Å². The Morgan fingerprint density at radius 2 is 2.33 bits per heavy atom. The fraction of sp³-hybridized carbons (Fsp3) is 0.375. The second-order valence-electron chi connectivity index (χ2n) is 5.73. The quantitative estimate of drug-likeness (QED) is 0.715. The first-order valence-corrected chi connectivity index (χ1v) is 7.85. The molecular formula is C16H19N5O3. The van der Waals surface area contributed by atoms with Gasteiger partial charge in [0, 0.05) is 25.3 Å². The van der Waals surface area contributed by atoms with Gasteiger partial charge in [-0.1, -0.05) is 6.08 Å². The average Bonchev–Trinajstić information content (AvgIpc) is 3.04. The minimum Gasteiger partial charge on any atom is -0.481 e. The summed E-state index contributed by atoms with van der Waals surface area (Å²) in [4.78, 5) is 35.9. The third-order valence-electron chi connectivity index (χ3n) is 3.98. The normalized spacial score (nSPS) is 18.2. The largest absolute Gasteiger partial charge is 0.481 e. The fourth-order valence-corrected chi connectivity index (χ4v) is 2.84. The lowest BCUT2D eigenvalue weighted by atomic mass is 10.1. The predicted molar refractivity (Wildman–Crippen MR) is 88.5 cm³/mol. The number of amides is 1. The van der Waals surface area contributed by atoms with Crippen LogP contribution in [0.25, 0.3) is 11.0 Å². The van der Waals surface area contributed by atoms with Crippen molar-refractivity contribution in [1.82, 2.24) is 19.9 Å². The number of hydrogen-bond acceptors (Lipinski definition) is 5. The van der Waals surface area contributed by atoms with Gasteiger partial charge < -0.3 is 20.3 Å². The number of rotatable bonds is 5. The molecule has 2 aromatic heterocycles. The number of hydrogen-bond donors (Lipinski definition) is 3. The van der Waals surface area contributed by atoms with Gasteiger partial charge in [-0.05, 0) is 25.0 Å². The van der Waals surface area contributed by atoms with Gasteiger partial charge in [-0.3, -0.25) is 9.59 Å². The first kappa shape index (κ1) is 16.0. The van der Waals surface area contributed by atoms with Crippen LogP contribution in [0.1, 0.15) is 19.3 Å². The number of aromatic amines is 1. The van der Waals surface area contributed by atoms with Crippen LogP contribution in [0.3, 0.4) is 0 Å². The molecule has 3 rings (SSSR count). The second-order valence-corrected chi connectivity index (χ2v) is 5.73. The maximum absolute atomic E-state index is 12.1. The standard InChI is InChI=1S/C16H19N5O3/c22-13(4-1-5-14(23)24)21-8-2-3-11(9-21)20-16-12-6-7-17-15(12)18-10-19-16/h1,4,6-7,10-11H,2-3,5,8-9H2,(H,23,24)(H2,17,18,19,20)/t11-/m1/s1. The van der Waals surface area contributed by atoms with Crippen molar-refractivity contribution >= 4 is 28.7 Å². The number of carboxylic acid groups (broad SMARTS) is 1. The Labute approximate surface area is 138 Å². The summed E-state index contributed by atoms with van der Waals surface area (Å²) in [7, 11) is 0. The number of nitrogens with one attached hydrogen (secondary N) is 2.